The zero-order valence-corrected chi connectivity index (χ0v) is 12.5. The van der Waals surface area contributed by atoms with E-state index in [1.165, 1.54) is 16.2 Å². The van der Waals surface area contributed by atoms with Crippen molar-refractivity contribution >= 4 is 11.3 Å². The molecule has 0 radical (unpaired) electrons. The van der Waals surface area contributed by atoms with Crippen LogP contribution in [0.1, 0.15) is 36.9 Å². The SMILES string of the molecule is CCCNCc1ccc(COCCOC(C)C)s1. The Labute approximate surface area is 114 Å². The Morgan fingerprint density at radius 1 is 1.22 bits per heavy atom. The summed E-state index contributed by atoms with van der Waals surface area (Å²) in [4.78, 5) is 2.66. The molecule has 0 aliphatic carbocycles. The molecule has 0 aliphatic rings. The first-order chi connectivity index (χ1) is 8.72. The molecule has 104 valence electrons. The van der Waals surface area contributed by atoms with E-state index in [1.807, 2.05) is 25.2 Å². The fourth-order valence-electron chi connectivity index (χ4n) is 1.50. The lowest BCUT2D eigenvalue weighted by Gasteiger charge is -2.07. The fraction of sp³-hybridized carbons (Fsp3) is 0.714. The van der Waals surface area contributed by atoms with Gasteiger partial charge in [0.1, 0.15) is 0 Å². The lowest BCUT2D eigenvalue weighted by Crippen LogP contribution is -2.12. The highest BCUT2D eigenvalue weighted by molar-refractivity contribution is 7.11. The van der Waals surface area contributed by atoms with Gasteiger partial charge in [-0.05, 0) is 38.9 Å². The molecule has 4 heteroatoms. The van der Waals surface area contributed by atoms with Crippen molar-refractivity contribution in [2.24, 2.45) is 0 Å². The Bertz CT molecular complexity index is 312. The van der Waals surface area contributed by atoms with Gasteiger partial charge in [0, 0.05) is 16.3 Å². The first kappa shape index (κ1) is 15.6. The third-order valence-electron chi connectivity index (χ3n) is 2.37. The van der Waals surface area contributed by atoms with Crippen molar-refractivity contribution in [2.75, 3.05) is 19.8 Å². The molecule has 0 saturated heterocycles. The topological polar surface area (TPSA) is 30.5 Å². The molecule has 1 aromatic rings. The van der Waals surface area contributed by atoms with Crippen molar-refractivity contribution < 1.29 is 9.47 Å². The summed E-state index contributed by atoms with van der Waals surface area (Å²) in [5.74, 6) is 0. The average molecular weight is 271 g/mol. The van der Waals surface area contributed by atoms with Crippen molar-refractivity contribution in [2.45, 2.75) is 46.4 Å². The van der Waals surface area contributed by atoms with E-state index in [4.69, 9.17) is 9.47 Å². The van der Waals surface area contributed by atoms with Gasteiger partial charge in [-0.25, -0.2) is 0 Å². The van der Waals surface area contributed by atoms with Crippen molar-refractivity contribution in [1.82, 2.24) is 5.32 Å². The van der Waals surface area contributed by atoms with Crippen LogP contribution in [-0.4, -0.2) is 25.9 Å². The molecule has 0 aromatic carbocycles. The summed E-state index contributed by atoms with van der Waals surface area (Å²) in [6, 6.07) is 4.33. The molecule has 1 N–H and O–H groups in total. The number of hydrogen-bond acceptors (Lipinski definition) is 4. The largest absolute Gasteiger partial charge is 0.376 e. The Kier molecular flexibility index (Phi) is 8.25. The van der Waals surface area contributed by atoms with Gasteiger partial charge < -0.3 is 14.8 Å². The Balaban J connectivity index is 2.11. The molecule has 0 bridgehead atoms. The van der Waals surface area contributed by atoms with E-state index in [1.54, 1.807) is 0 Å². The number of nitrogens with one attached hydrogen (secondary N) is 1. The molecule has 1 rings (SSSR count). The molecule has 1 aromatic heterocycles. The number of ether oxygens (including phenoxy) is 2. The summed E-state index contributed by atoms with van der Waals surface area (Å²) >= 11 is 1.82. The molecule has 1 heterocycles. The molecule has 0 unspecified atom stereocenters. The molecule has 0 spiro atoms. The summed E-state index contributed by atoms with van der Waals surface area (Å²) in [6.45, 7) is 10.3. The fourth-order valence-corrected chi connectivity index (χ4v) is 2.42. The third kappa shape index (κ3) is 7.11. The van der Waals surface area contributed by atoms with Crippen LogP contribution in [0.5, 0.6) is 0 Å². The van der Waals surface area contributed by atoms with Gasteiger partial charge >= 0.3 is 0 Å². The van der Waals surface area contributed by atoms with Crippen LogP contribution >= 0.6 is 11.3 Å². The van der Waals surface area contributed by atoms with Crippen molar-refractivity contribution in [1.29, 1.82) is 0 Å². The van der Waals surface area contributed by atoms with E-state index in [0.717, 1.165) is 13.1 Å². The minimum atomic E-state index is 0.284. The van der Waals surface area contributed by atoms with Crippen molar-refractivity contribution in [3.63, 3.8) is 0 Å². The van der Waals surface area contributed by atoms with Gasteiger partial charge in [-0.2, -0.15) is 0 Å². The second-order valence-corrected chi connectivity index (χ2v) is 5.77. The zero-order chi connectivity index (χ0) is 13.2. The first-order valence-corrected chi connectivity index (χ1v) is 7.51. The van der Waals surface area contributed by atoms with Crippen LogP contribution in [0.25, 0.3) is 0 Å². The molecule has 0 saturated carbocycles. The number of rotatable bonds is 10. The first-order valence-electron chi connectivity index (χ1n) is 6.70. The van der Waals surface area contributed by atoms with Crippen LogP contribution in [0.4, 0.5) is 0 Å². The highest BCUT2D eigenvalue weighted by Crippen LogP contribution is 2.17. The Morgan fingerprint density at radius 2 is 2.00 bits per heavy atom. The molecule has 0 amide bonds. The van der Waals surface area contributed by atoms with E-state index in [2.05, 4.69) is 24.4 Å². The summed E-state index contributed by atoms with van der Waals surface area (Å²) in [7, 11) is 0. The lowest BCUT2D eigenvalue weighted by atomic mass is 10.4. The normalized spacial score (nSPS) is 11.3. The summed E-state index contributed by atoms with van der Waals surface area (Å²) in [6.07, 6.45) is 1.46. The summed E-state index contributed by atoms with van der Waals surface area (Å²) in [5.41, 5.74) is 0. The standard InChI is InChI=1S/C14H25NO2S/c1-4-7-15-10-13-5-6-14(18-13)11-16-8-9-17-12(2)3/h5-6,12,15H,4,7-11H2,1-3H3. The number of hydrogen-bond donors (Lipinski definition) is 1. The van der Waals surface area contributed by atoms with Gasteiger partial charge in [0.25, 0.3) is 0 Å². The van der Waals surface area contributed by atoms with Crippen molar-refractivity contribution in [3.05, 3.63) is 21.9 Å². The maximum absolute atomic E-state index is 5.57. The van der Waals surface area contributed by atoms with Gasteiger partial charge in [-0.3, -0.25) is 0 Å². The number of thiophene rings is 1. The lowest BCUT2D eigenvalue weighted by molar-refractivity contribution is 0.0149. The van der Waals surface area contributed by atoms with Crippen LogP contribution in [0.3, 0.4) is 0 Å². The quantitative estimate of drug-likeness (QED) is 0.663. The molecular formula is C14H25NO2S. The highest BCUT2D eigenvalue weighted by atomic mass is 32.1. The molecule has 3 nitrogen and oxygen atoms in total. The van der Waals surface area contributed by atoms with Crippen molar-refractivity contribution in [3.8, 4) is 0 Å². The van der Waals surface area contributed by atoms with Gasteiger partial charge in [-0.1, -0.05) is 6.92 Å². The van der Waals surface area contributed by atoms with E-state index < -0.39 is 0 Å². The van der Waals surface area contributed by atoms with E-state index in [9.17, 15) is 0 Å². The summed E-state index contributed by atoms with van der Waals surface area (Å²) < 4.78 is 11.0. The second kappa shape index (κ2) is 9.50. The molecule has 0 atom stereocenters. The predicted molar refractivity (Wildman–Crippen MR) is 77.1 cm³/mol. The second-order valence-electron chi connectivity index (χ2n) is 4.52. The maximum atomic E-state index is 5.57. The van der Waals surface area contributed by atoms with Crippen LogP contribution in [0, 0.1) is 0 Å². The zero-order valence-electron chi connectivity index (χ0n) is 11.7. The average Bonchev–Trinajstić information content (AvgIpc) is 2.77. The van der Waals surface area contributed by atoms with Crippen LogP contribution in [0.15, 0.2) is 12.1 Å². The third-order valence-corrected chi connectivity index (χ3v) is 3.43. The highest BCUT2D eigenvalue weighted by Gasteiger charge is 2.00. The monoisotopic (exact) mass is 271 g/mol. The van der Waals surface area contributed by atoms with Gasteiger partial charge in [0.05, 0.1) is 25.9 Å². The van der Waals surface area contributed by atoms with Crippen LogP contribution < -0.4 is 5.32 Å². The van der Waals surface area contributed by atoms with Gasteiger partial charge in [-0.15, -0.1) is 11.3 Å². The van der Waals surface area contributed by atoms with E-state index in [0.29, 0.717) is 19.8 Å². The molecular weight excluding hydrogens is 246 g/mol. The Morgan fingerprint density at radius 3 is 2.72 bits per heavy atom. The molecule has 0 aliphatic heterocycles. The van der Waals surface area contributed by atoms with E-state index in [-0.39, 0.29) is 6.10 Å². The minimum absolute atomic E-state index is 0.284. The molecule has 0 fully saturated rings. The van der Waals surface area contributed by atoms with Crippen LogP contribution in [-0.2, 0) is 22.6 Å². The smallest absolute Gasteiger partial charge is 0.0810 e. The van der Waals surface area contributed by atoms with Crippen LogP contribution in [0.2, 0.25) is 0 Å². The minimum Gasteiger partial charge on any atom is -0.376 e. The van der Waals surface area contributed by atoms with E-state index >= 15 is 0 Å². The summed E-state index contributed by atoms with van der Waals surface area (Å²) in [5, 5.41) is 3.40. The molecule has 18 heavy (non-hydrogen) atoms. The maximum Gasteiger partial charge on any atom is 0.0810 e. The van der Waals surface area contributed by atoms with Gasteiger partial charge in [0.2, 0.25) is 0 Å². The predicted octanol–water partition coefficient (Wildman–Crippen LogP) is 3.19. The van der Waals surface area contributed by atoms with Gasteiger partial charge in [0.15, 0.2) is 0 Å². The Hall–Kier alpha value is -0.420.